The Morgan fingerprint density at radius 1 is 1.40 bits per heavy atom. The van der Waals surface area contributed by atoms with Gasteiger partial charge in [0, 0.05) is 10.6 Å². The van der Waals surface area contributed by atoms with Gasteiger partial charge in [0.25, 0.3) is 0 Å². The molecule has 1 fully saturated rings. The van der Waals surface area contributed by atoms with Crippen molar-refractivity contribution in [1.82, 2.24) is 0 Å². The van der Waals surface area contributed by atoms with Crippen molar-refractivity contribution in [2.75, 3.05) is 0 Å². The van der Waals surface area contributed by atoms with Crippen molar-refractivity contribution in [2.24, 2.45) is 5.73 Å². The summed E-state index contributed by atoms with van der Waals surface area (Å²) in [6.07, 6.45) is 4.66. The Morgan fingerprint density at radius 3 is 2.67 bits per heavy atom. The van der Waals surface area contributed by atoms with Crippen LogP contribution in [0.4, 0.5) is 0 Å². The van der Waals surface area contributed by atoms with E-state index in [0.717, 1.165) is 17.9 Å². The maximum absolute atomic E-state index is 6.15. The average Bonchev–Trinajstić information content (AvgIpc) is 2.95. The van der Waals surface area contributed by atoms with Gasteiger partial charge in [-0.25, -0.2) is 0 Å². The van der Waals surface area contributed by atoms with Gasteiger partial charge in [-0.05, 0) is 43.2 Å². The lowest BCUT2D eigenvalue weighted by Crippen LogP contribution is -2.21. The molecule has 1 unspecified atom stereocenters. The molecule has 1 aromatic carbocycles. The molecule has 2 rings (SSSR count). The van der Waals surface area contributed by atoms with E-state index in [1.165, 1.54) is 18.4 Å². The molecule has 2 N–H and O–H groups in total. The third-order valence-electron chi connectivity index (χ3n) is 3.40. The summed E-state index contributed by atoms with van der Waals surface area (Å²) < 4.78 is 0. The first-order valence-corrected chi connectivity index (χ1v) is 6.02. The van der Waals surface area contributed by atoms with Gasteiger partial charge in [-0.3, -0.25) is 0 Å². The van der Waals surface area contributed by atoms with Crippen molar-refractivity contribution < 1.29 is 0 Å². The quantitative estimate of drug-likeness (QED) is 0.828. The standard InChI is InChI=1S/C13H18ClN/c1-10(6-7-13(15)8-9-13)11-4-2-3-5-12(11)14/h2-5,10H,6-9,15H2,1H3. The van der Waals surface area contributed by atoms with Gasteiger partial charge in [-0.2, -0.15) is 0 Å². The van der Waals surface area contributed by atoms with Gasteiger partial charge in [0.2, 0.25) is 0 Å². The van der Waals surface area contributed by atoms with Crippen LogP contribution in [0.5, 0.6) is 0 Å². The molecule has 0 saturated heterocycles. The highest BCUT2D eigenvalue weighted by Gasteiger charge is 2.37. The largest absolute Gasteiger partial charge is 0.325 e. The van der Waals surface area contributed by atoms with Crippen molar-refractivity contribution in [1.29, 1.82) is 0 Å². The normalized spacial score (nSPS) is 19.9. The average molecular weight is 224 g/mol. The minimum atomic E-state index is 0.162. The Bertz CT molecular complexity index is 344. The van der Waals surface area contributed by atoms with Crippen LogP contribution in [0.2, 0.25) is 5.02 Å². The second-order valence-electron chi connectivity index (χ2n) is 4.82. The molecule has 0 bridgehead atoms. The van der Waals surface area contributed by atoms with E-state index >= 15 is 0 Å². The highest BCUT2D eigenvalue weighted by Crippen LogP contribution is 2.39. The third kappa shape index (κ3) is 2.73. The van der Waals surface area contributed by atoms with Crippen LogP contribution in [0.3, 0.4) is 0 Å². The van der Waals surface area contributed by atoms with Crippen molar-refractivity contribution in [3.63, 3.8) is 0 Å². The molecule has 82 valence electrons. The molecule has 0 heterocycles. The molecule has 0 spiro atoms. The van der Waals surface area contributed by atoms with Gasteiger partial charge in [0.1, 0.15) is 0 Å². The molecule has 1 nitrogen and oxygen atoms in total. The zero-order valence-corrected chi connectivity index (χ0v) is 9.93. The van der Waals surface area contributed by atoms with Crippen LogP contribution in [0.1, 0.15) is 44.1 Å². The fourth-order valence-electron chi connectivity index (χ4n) is 1.94. The molecule has 1 aromatic rings. The first-order valence-electron chi connectivity index (χ1n) is 5.64. The lowest BCUT2D eigenvalue weighted by Gasteiger charge is -2.16. The van der Waals surface area contributed by atoms with E-state index in [0.29, 0.717) is 5.92 Å². The fourth-order valence-corrected chi connectivity index (χ4v) is 2.27. The highest BCUT2D eigenvalue weighted by atomic mass is 35.5. The predicted octanol–water partition coefficient (Wildman–Crippen LogP) is 3.72. The molecule has 1 saturated carbocycles. The minimum Gasteiger partial charge on any atom is -0.325 e. The molecular formula is C13H18ClN. The predicted molar refractivity (Wildman–Crippen MR) is 65.3 cm³/mol. The van der Waals surface area contributed by atoms with Gasteiger partial charge >= 0.3 is 0 Å². The Morgan fingerprint density at radius 2 is 2.07 bits per heavy atom. The number of benzene rings is 1. The van der Waals surface area contributed by atoms with Crippen LogP contribution in [-0.2, 0) is 0 Å². The summed E-state index contributed by atoms with van der Waals surface area (Å²) in [5, 5.41) is 0.881. The number of halogens is 1. The minimum absolute atomic E-state index is 0.162. The summed E-state index contributed by atoms with van der Waals surface area (Å²) in [6.45, 7) is 2.23. The van der Waals surface area contributed by atoms with Crippen molar-refractivity contribution in [3.8, 4) is 0 Å². The Labute approximate surface area is 96.6 Å². The van der Waals surface area contributed by atoms with Crippen LogP contribution in [0.25, 0.3) is 0 Å². The zero-order valence-electron chi connectivity index (χ0n) is 9.17. The van der Waals surface area contributed by atoms with E-state index in [4.69, 9.17) is 17.3 Å². The summed E-state index contributed by atoms with van der Waals surface area (Å²) in [5.74, 6) is 0.514. The summed E-state index contributed by atoms with van der Waals surface area (Å²) in [6, 6.07) is 8.10. The molecule has 2 heteroatoms. The van der Waals surface area contributed by atoms with Crippen LogP contribution in [0.15, 0.2) is 24.3 Å². The summed E-state index contributed by atoms with van der Waals surface area (Å²) in [5.41, 5.74) is 7.49. The monoisotopic (exact) mass is 223 g/mol. The van der Waals surface area contributed by atoms with Crippen LogP contribution in [-0.4, -0.2) is 5.54 Å². The molecule has 0 radical (unpaired) electrons. The van der Waals surface area contributed by atoms with Crippen LogP contribution < -0.4 is 5.73 Å². The lowest BCUT2D eigenvalue weighted by molar-refractivity contribution is 0.533. The number of hydrogen-bond acceptors (Lipinski definition) is 1. The van der Waals surface area contributed by atoms with Crippen LogP contribution in [0, 0.1) is 0 Å². The van der Waals surface area contributed by atoms with Gasteiger partial charge in [0.15, 0.2) is 0 Å². The molecule has 15 heavy (non-hydrogen) atoms. The van der Waals surface area contributed by atoms with E-state index in [-0.39, 0.29) is 5.54 Å². The Balaban J connectivity index is 1.95. The summed E-state index contributed by atoms with van der Waals surface area (Å²) in [7, 11) is 0. The Kier molecular flexibility index (Phi) is 3.03. The van der Waals surface area contributed by atoms with E-state index in [9.17, 15) is 0 Å². The molecule has 1 aliphatic carbocycles. The molecular weight excluding hydrogens is 206 g/mol. The number of nitrogens with two attached hydrogens (primary N) is 1. The lowest BCUT2D eigenvalue weighted by atomic mass is 9.93. The summed E-state index contributed by atoms with van der Waals surface area (Å²) in [4.78, 5) is 0. The van der Waals surface area contributed by atoms with Gasteiger partial charge < -0.3 is 5.73 Å². The van der Waals surface area contributed by atoms with Gasteiger partial charge in [-0.15, -0.1) is 0 Å². The first-order chi connectivity index (χ1) is 7.11. The molecule has 0 amide bonds. The number of hydrogen-bond donors (Lipinski definition) is 1. The van der Waals surface area contributed by atoms with Crippen molar-refractivity contribution in [2.45, 2.75) is 44.1 Å². The van der Waals surface area contributed by atoms with E-state index < -0.39 is 0 Å². The van der Waals surface area contributed by atoms with Gasteiger partial charge in [-0.1, -0.05) is 36.7 Å². The number of rotatable bonds is 4. The van der Waals surface area contributed by atoms with E-state index in [2.05, 4.69) is 13.0 Å². The fraction of sp³-hybridized carbons (Fsp3) is 0.538. The topological polar surface area (TPSA) is 26.0 Å². The molecule has 0 aliphatic heterocycles. The molecule has 0 aromatic heterocycles. The second kappa shape index (κ2) is 4.15. The maximum atomic E-state index is 6.15. The highest BCUT2D eigenvalue weighted by molar-refractivity contribution is 6.31. The van der Waals surface area contributed by atoms with E-state index in [1.807, 2.05) is 18.2 Å². The summed E-state index contributed by atoms with van der Waals surface area (Å²) >= 11 is 6.15. The zero-order chi connectivity index (χ0) is 10.9. The first kappa shape index (κ1) is 11.0. The molecule has 1 aliphatic rings. The third-order valence-corrected chi connectivity index (χ3v) is 3.75. The van der Waals surface area contributed by atoms with Crippen molar-refractivity contribution in [3.05, 3.63) is 34.9 Å². The Hall–Kier alpha value is -0.530. The van der Waals surface area contributed by atoms with Crippen molar-refractivity contribution >= 4 is 11.6 Å². The molecule has 1 atom stereocenters. The van der Waals surface area contributed by atoms with Crippen LogP contribution >= 0.6 is 11.6 Å². The van der Waals surface area contributed by atoms with Gasteiger partial charge in [0.05, 0.1) is 0 Å². The maximum Gasteiger partial charge on any atom is 0.0440 e. The smallest absolute Gasteiger partial charge is 0.0440 e. The second-order valence-corrected chi connectivity index (χ2v) is 5.23. The SMILES string of the molecule is CC(CCC1(N)CC1)c1ccccc1Cl. The van der Waals surface area contributed by atoms with E-state index in [1.54, 1.807) is 0 Å².